The number of aryl methyl sites for hydroxylation is 1. The molecule has 7 heteroatoms. The lowest BCUT2D eigenvalue weighted by molar-refractivity contribution is -0.118. The summed E-state index contributed by atoms with van der Waals surface area (Å²) in [7, 11) is 0. The van der Waals surface area contributed by atoms with Gasteiger partial charge in [0.2, 0.25) is 0 Å². The molecule has 0 saturated carbocycles. The van der Waals surface area contributed by atoms with Gasteiger partial charge < -0.3 is 14.8 Å². The number of nitrogens with one attached hydrogen (secondary N) is 1. The fourth-order valence-electron chi connectivity index (χ4n) is 3.40. The Morgan fingerprint density at radius 2 is 2.03 bits per heavy atom. The summed E-state index contributed by atoms with van der Waals surface area (Å²) < 4.78 is 10.9. The van der Waals surface area contributed by atoms with Gasteiger partial charge in [0.1, 0.15) is 10.8 Å². The summed E-state index contributed by atoms with van der Waals surface area (Å²) in [5, 5.41) is 3.43. The van der Waals surface area contributed by atoms with Gasteiger partial charge in [0.25, 0.3) is 5.91 Å². The highest BCUT2D eigenvalue weighted by Gasteiger charge is 2.30. The number of hydrogen-bond donors (Lipinski definition) is 1. The number of nitrogens with zero attached hydrogens (tertiary/aromatic N) is 1. The Bertz CT molecular complexity index is 891. The van der Waals surface area contributed by atoms with Gasteiger partial charge in [-0.15, -0.1) is 11.3 Å². The molecule has 1 amide bonds. The zero-order chi connectivity index (χ0) is 21.0. The number of carbonyl (C=O) groups excluding carboxylic acids is 2. The molecule has 0 atom stereocenters. The van der Waals surface area contributed by atoms with E-state index in [2.05, 4.69) is 24.1 Å². The van der Waals surface area contributed by atoms with Crippen molar-refractivity contribution in [2.24, 2.45) is 0 Å². The second-order valence-electron chi connectivity index (χ2n) is 7.34. The van der Waals surface area contributed by atoms with Crippen LogP contribution in [-0.2, 0) is 22.5 Å². The number of esters is 1. The highest BCUT2D eigenvalue weighted by molar-refractivity contribution is 7.17. The summed E-state index contributed by atoms with van der Waals surface area (Å²) in [5.41, 5.74) is 2.47. The molecule has 1 aromatic heterocycles. The summed E-state index contributed by atoms with van der Waals surface area (Å²) in [6.45, 7) is 9.88. The van der Waals surface area contributed by atoms with Crippen molar-refractivity contribution in [3.63, 3.8) is 0 Å². The molecule has 2 aromatic rings. The number of hydrogen-bond acceptors (Lipinski definition) is 6. The minimum atomic E-state index is -0.377. The Labute approximate surface area is 175 Å². The van der Waals surface area contributed by atoms with Crippen LogP contribution in [0.3, 0.4) is 0 Å². The van der Waals surface area contributed by atoms with Gasteiger partial charge in [-0.05, 0) is 51.3 Å². The van der Waals surface area contributed by atoms with Gasteiger partial charge >= 0.3 is 5.97 Å². The Hall–Kier alpha value is -2.38. The van der Waals surface area contributed by atoms with Gasteiger partial charge in [-0.2, -0.15) is 0 Å². The van der Waals surface area contributed by atoms with Crippen molar-refractivity contribution in [1.29, 1.82) is 0 Å². The number of para-hydroxylation sites is 1. The van der Waals surface area contributed by atoms with Gasteiger partial charge in [0.15, 0.2) is 6.61 Å². The zero-order valence-electron chi connectivity index (χ0n) is 17.4. The zero-order valence-corrected chi connectivity index (χ0v) is 18.2. The fraction of sp³-hybridized carbons (Fsp3) is 0.455. The molecular weight excluding hydrogens is 388 g/mol. The van der Waals surface area contributed by atoms with Crippen molar-refractivity contribution in [2.75, 3.05) is 25.1 Å². The minimum absolute atomic E-state index is 0.117. The van der Waals surface area contributed by atoms with E-state index in [0.29, 0.717) is 29.0 Å². The van der Waals surface area contributed by atoms with E-state index >= 15 is 0 Å². The number of fused-ring (bicyclic) bond motifs is 1. The van der Waals surface area contributed by atoms with Gasteiger partial charge in [-0.1, -0.05) is 18.2 Å². The molecule has 0 radical (unpaired) electrons. The van der Waals surface area contributed by atoms with Crippen molar-refractivity contribution in [3.8, 4) is 5.75 Å². The average molecular weight is 417 g/mol. The predicted molar refractivity (Wildman–Crippen MR) is 115 cm³/mol. The van der Waals surface area contributed by atoms with Crippen molar-refractivity contribution in [2.45, 2.75) is 46.7 Å². The SMILES string of the molecule is CCOC(=O)c1c(NC(=O)COc2ccccc2C)sc2c1CCN(C(C)C)C2. The van der Waals surface area contributed by atoms with E-state index in [-0.39, 0.29) is 18.5 Å². The second kappa shape index (κ2) is 9.41. The van der Waals surface area contributed by atoms with Crippen LogP contribution in [0.15, 0.2) is 24.3 Å². The third kappa shape index (κ3) is 4.97. The molecule has 1 aromatic carbocycles. The van der Waals surface area contributed by atoms with Crippen LogP contribution < -0.4 is 10.1 Å². The number of benzene rings is 1. The van der Waals surface area contributed by atoms with Crippen LogP contribution in [0, 0.1) is 6.92 Å². The molecule has 2 heterocycles. The fourth-order valence-corrected chi connectivity index (χ4v) is 4.67. The van der Waals surface area contributed by atoms with Crippen LogP contribution in [-0.4, -0.2) is 42.6 Å². The molecule has 0 bridgehead atoms. The van der Waals surface area contributed by atoms with Gasteiger partial charge in [0.05, 0.1) is 12.2 Å². The molecule has 0 unspecified atom stereocenters. The molecule has 3 rings (SSSR count). The molecule has 6 nitrogen and oxygen atoms in total. The first-order valence-corrected chi connectivity index (χ1v) is 10.8. The Morgan fingerprint density at radius 3 is 2.72 bits per heavy atom. The van der Waals surface area contributed by atoms with E-state index in [9.17, 15) is 9.59 Å². The summed E-state index contributed by atoms with van der Waals surface area (Å²) in [5.74, 6) is 0.00236. The molecule has 29 heavy (non-hydrogen) atoms. The molecule has 0 aliphatic carbocycles. The van der Waals surface area contributed by atoms with E-state index in [4.69, 9.17) is 9.47 Å². The van der Waals surface area contributed by atoms with Gasteiger partial charge in [-0.3, -0.25) is 9.69 Å². The third-order valence-electron chi connectivity index (χ3n) is 5.00. The van der Waals surface area contributed by atoms with E-state index in [0.717, 1.165) is 35.5 Å². The van der Waals surface area contributed by atoms with Gasteiger partial charge in [-0.25, -0.2) is 4.79 Å². The van der Waals surface area contributed by atoms with Gasteiger partial charge in [0, 0.05) is 24.0 Å². The average Bonchev–Trinajstić information content (AvgIpc) is 3.04. The van der Waals surface area contributed by atoms with E-state index in [1.54, 1.807) is 6.92 Å². The molecular formula is C22H28N2O4S. The van der Waals surface area contributed by atoms with Crippen molar-refractivity contribution < 1.29 is 19.1 Å². The lowest BCUT2D eigenvalue weighted by atomic mass is 10.0. The Balaban J connectivity index is 1.78. The molecule has 1 N–H and O–H groups in total. The first kappa shape index (κ1) is 21.3. The topological polar surface area (TPSA) is 67.9 Å². The summed E-state index contributed by atoms with van der Waals surface area (Å²) in [6.07, 6.45) is 0.772. The standard InChI is InChI=1S/C22H28N2O4S/c1-5-27-22(26)20-16-10-11-24(14(2)3)12-18(16)29-21(20)23-19(25)13-28-17-9-7-6-8-15(17)4/h6-9,14H,5,10-13H2,1-4H3,(H,23,25). The minimum Gasteiger partial charge on any atom is -0.483 e. The molecule has 0 fully saturated rings. The number of anilines is 1. The highest BCUT2D eigenvalue weighted by Crippen LogP contribution is 2.38. The number of thiophene rings is 1. The number of rotatable bonds is 7. The Morgan fingerprint density at radius 1 is 1.28 bits per heavy atom. The molecule has 1 aliphatic rings. The van der Waals surface area contributed by atoms with Crippen molar-refractivity contribution in [3.05, 3.63) is 45.8 Å². The second-order valence-corrected chi connectivity index (χ2v) is 8.45. The third-order valence-corrected chi connectivity index (χ3v) is 6.13. The molecule has 0 spiro atoms. The lowest BCUT2D eigenvalue weighted by Gasteiger charge is -2.30. The van der Waals surface area contributed by atoms with Crippen LogP contribution in [0.1, 0.15) is 47.1 Å². The summed E-state index contributed by atoms with van der Waals surface area (Å²) >= 11 is 1.46. The predicted octanol–water partition coefficient (Wildman–Crippen LogP) is 4.02. The molecule has 156 valence electrons. The van der Waals surface area contributed by atoms with Crippen LogP contribution in [0.4, 0.5) is 5.00 Å². The normalized spacial score (nSPS) is 13.8. The van der Waals surface area contributed by atoms with Crippen LogP contribution >= 0.6 is 11.3 Å². The number of ether oxygens (including phenoxy) is 2. The lowest BCUT2D eigenvalue weighted by Crippen LogP contribution is -2.35. The van der Waals surface area contributed by atoms with E-state index < -0.39 is 0 Å². The first-order valence-electron chi connectivity index (χ1n) is 9.94. The van der Waals surface area contributed by atoms with Crippen LogP contribution in [0.5, 0.6) is 5.75 Å². The quantitative estimate of drug-likeness (QED) is 0.691. The van der Waals surface area contributed by atoms with Crippen LogP contribution in [0.2, 0.25) is 0 Å². The maximum Gasteiger partial charge on any atom is 0.341 e. The largest absolute Gasteiger partial charge is 0.483 e. The first-order chi connectivity index (χ1) is 13.9. The van der Waals surface area contributed by atoms with E-state index in [1.807, 2.05) is 31.2 Å². The highest BCUT2D eigenvalue weighted by atomic mass is 32.1. The molecule has 1 aliphatic heterocycles. The van der Waals surface area contributed by atoms with Crippen molar-refractivity contribution >= 4 is 28.2 Å². The maximum absolute atomic E-state index is 12.6. The van der Waals surface area contributed by atoms with Crippen molar-refractivity contribution in [1.82, 2.24) is 4.90 Å². The smallest absolute Gasteiger partial charge is 0.341 e. The van der Waals surface area contributed by atoms with Crippen LogP contribution in [0.25, 0.3) is 0 Å². The monoisotopic (exact) mass is 416 g/mol. The molecule has 0 saturated heterocycles. The summed E-state index contributed by atoms with van der Waals surface area (Å²) in [4.78, 5) is 28.6. The van der Waals surface area contributed by atoms with E-state index in [1.165, 1.54) is 11.3 Å². The maximum atomic E-state index is 12.6. The number of amides is 1. The summed E-state index contributed by atoms with van der Waals surface area (Å²) in [6, 6.07) is 7.98. The Kier molecular flexibility index (Phi) is 6.92. The number of carbonyl (C=O) groups is 2.